The predicted octanol–water partition coefficient (Wildman–Crippen LogP) is 1.22. The summed E-state index contributed by atoms with van der Waals surface area (Å²) in [7, 11) is 1.01. The van der Waals surface area contributed by atoms with Crippen molar-refractivity contribution in [1.82, 2.24) is 9.29 Å². The smallest absolute Gasteiger partial charge is 0.273 e. The molecule has 1 aliphatic heterocycles. The Morgan fingerprint density at radius 1 is 1.47 bits per heavy atom. The second-order valence-corrected chi connectivity index (χ2v) is 6.10. The average Bonchev–Trinajstić information content (AvgIpc) is 2.24. The molecule has 0 bridgehead atoms. The van der Waals surface area contributed by atoms with Crippen molar-refractivity contribution < 1.29 is 17.6 Å². The Bertz CT molecular complexity index is 560. The molecule has 1 fully saturated rings. The molecular weight excluding hydrogens is 271 g/mol. The van der Waals surface area contributed by atoms with Gasteiger partial charge in [0.25, 0.3) is 0 Å². The van der Waals surface area contributed by atoms with Crippen LogP contribution in [-0.2, 0) is 14.0 Å². The summed E-state index contributed by atoms with van der Waals surface area (Å²) >= 11 is 0. The molecule has 0 saturated carbocycles. The summed E-state index contributed by atoms with van der Waals surface area (Å²) in [6, 6.07) is 1.72. The standard InChI is InChI=1S/C9H8ClFN2O3S/c1-5-8(7-3-2-6(11)4-12-7)13(9(5)14)17(10,15)16/h2-5,8H,1H3. The monoisotopic (exact) mass is 278 g/mol. The molecule has 8 heteroatoms. The van der Waals surface area contributed by atoms with E-state index in [9.17, 15) is 17.6 Å². The Morgan fingerprint density at radius 3 is 2.59 bits per heavy atom. The first kappa shape index (κ1) is 12.3. The Hall–Kier alpha value is -1.21. The van der Waals surface area contributed by atoms with E-state index in [4.69, 9.17) is 10.7 Å². The van der Waals surface area contributed by atoms with Crippen molar-refractivity contribution in [2.24, 2.45) is 5.92 Å². The first-order valence-corrected chi connectivity index (χ1v) is 6.98. The van der Waals surface area contributed by atoms with Gasteiger partial charge in [0, 0.05) is 10.7 Å². The van der Waals surface area contributed by atoms with Crippen LogP contribution in [0.4, 0.5) is 4.39 Å². The Morgan fingerprint density at radius 2 is 2.12 bits per heavy atom. The highest BCUT2D eigenvalue weighted by molar-refractivity contribution is 8.12. The molecule has 2 unspecified atom stereocenters. The van der Waals surface area contributed by atoms with Crippen LogP contribution in [0.1, 0.15) is 18.7 Å². The van der Waals surface area contributed by atoms with E-state index in [1.165, 1.54) is 6.07 Å². The minimum Gasteiger partial charge on any atom is -0.273 e. The molecular formula is C9H8ClFN2O3S. The van der Waals surface area contributed by atoms with E-state index in [-0.39, 0.29) is 0 Å². The van der Waals surface area contributed by atoms with E-state index in [0.717, 1.165) is 12.3 Å². The highest BCUT2D eigenvalue weighted by Gasteiger charge is 2.51. The number of carbonyl (C=O) groups is 1. The molecule has 0 N–H and O–H groups in total. The van der Waals surface area contributed by atoms with Crippen LogP contribution in [0, 0.1) is 11.7 Å². The molecule has 1 aromatic heterocycles. The number of hydrogen-bond donors (Lipinski definition) is 0. The fourth-order valence-corrected chi connectivity index (χ4v) is 3.18. The summed E-state index contributed by atoms with van der Waals surface area (Å²) in [5, 5.41) is 0. The first-order valence-electron chi connectivity index (χ1n) is 4.71. The van der Waals surface area contributed by atoms with Gasteiger partial charge in [-0.3, -0.25) is 9.78 Å². The molecule has 0 aromatic carbocycles. The van der Waals surface area contributed by atoms with Crippen LogP contribution in [0.2, 0.25) is 0 Å². The van der Waals surface area contributed by atoms with Gasteiger partial charge >= 0.3 is 9.24 Å². The number of amides is 1. The van der Waals surface area contributed by atoms with Gasteiger partial charge in [0.05, 0.1) is 17.8 Å². The number of β-lactam (4-membered cyclic amide) rings is 1. The van der Waals surface area contributed by atoms with Gasteiger partial charge in [0.15, 0.2) is 0 Å². The van der Waals surface area contributed by atoms with Crippen LogP contribution in [0.3, 0.4) is 0 Å². The molecule has 17 heavy (non-hydrogen) atoms. The predicted molar refractivity (Wildman–Crippen MR) is 57.7 cm³/mol. The van der Waals surface area contributed by atoms with Crippen LogP contribution in [0.25, 0.3) is 0 Å². The van der Waals surface area contributed by atoms with E-state index in [1.807, 2.05) is 0 Å². The normalized spacial score (nSPS) is 24.6. The highest BCUT2D eigenvalue weighted by atomic mass is 35.7. The molecule has 92 valence electrons. The van der Waals surface area contributed by atoms with Crippen LogP contribution in [-0.4, -0.2) is 23.6 Å². The van der Waals surface area contributed by atoms with Gasteiger partial charge in [0.1, 0.15) is 11.9 Å². The minimum absolute atomic E-state index is 0.294. The van der Waals surface area contributed by atoms with Gasteiger partial charge < -0.3 is 0 Å². The molecule has 1 saturated heterocycles. The largest absolute Gasteiger partial charge is 0.324 e. The van der Waals surface area contributed by atoms with Crippen LogP contribution in [0.5, 0.6) is 0 Å². The number of pyridine rings is 1. The van der Waals surface area contributed by atoms with E-state index in [1.54, 1.807) is 6.92 Å². The minimum atomic E-state index is -4.13. The van der Waals surface area contributed by atoms with Crippen molar-refractivity contribution in [3.63, 3.8) is 0 Å². The Balaban J connectivity index is 2.38. The third-order valence-electron chi connectivity index (χ3n) is 2.62. The second kappa shape index (κ2) is 3.92. The van der Waals surface area contributed by atoms with Crippen LogP contribution < -0.4 is 0 Å². The van der Waals surface area contributed by atoms with Crippen molar-refractivity contribution >= 4 is 25.8 Å². The highest BCUT2D eigenvalue weighted by Crippen LogP contribution is 2.41. The van der Waals surface area contributed by atoms with E-state index < -0.39 is 32.9 Å². The van der Waals surface area contributed by atoms with Gasteiger partial charge in [-0.1, -0.05) is 6.92 Å². The van der Waals surface area contributed by atoms with E-state index in [0.29, 0.717) is 10.00 Å². The lowest BCUT2D eigenvalue weighted by molar-refractivity contribution is -0.145. The molecule has 0 spiro atoms. The maximum absolute atomic E-state index is 12.7. The molecule has 2 heterocycles. The second-order valence-electron chi connectivity index (χ2n) is 3.71. The number of carbonyl (C=O) groups excluding carboxylic acids is 1. The summed E-state index contributed by atoms with van der Waals surface area (Å²) < 4.78 is 35.6. The van der Waals surface area contributed by atoms with E-state index >= 15 is 0 Å². The summed E-state index contributed by atoms with van der Waals surface area (Å²) in [6.45, 7) is 1.57. The number of halogens is 2. The van der Waals surface area contributed by atoms with Crippen molar-refractivity contribution in [2.75, 3.05) is 0 Å². The number of nitrogens with zero attached hydrogens (tertiary/aromatic N) is 2. The van der Waals surface area contributed by atoms with Crippen LogP contribution in [0.15, 0.2) is 18.3 Å². The topological polar surface area (TPSA) is 67.3 Å². The maximum Gasteiger partial charge on any atom is 0.324 e. The molecule has 0 aliphatic carbocycles. The molecule has 1 aliphatic rings. The summed E-state index contributed by atoms with van der Waals surface area (Å²) in [6.07, 6.45) is 0.962. The molecule has 2 rings (SSSR count). The molecule has 1 amide bonds. The van der Waals surface area contributed by atoms with Crippen molar-refractivity contribution in [1.29, 1.82) is 0 Å². The molecule has 5 nitrogen and oxygen atoms in total. The zero-order valence-electron chi connectivity index (χ0n) is 8.67. The van der Waals surface area contributed by atoms with Gasteiger partial charge in [-0.25, -0.2) is 8.70 Å². The average molecular weight is 279 g/mol. The Labute approximate surface area is 102 Å². The third-order valence-corrected chi connectivity index (χ3v) is 3.94. The molecule has 0 radical (unpaired) electrons. The molecule has 2 atom stereocenters. The fraction of sp³-hybridized carbons (Fsp3) is 0.333. The number of hydrogen-bond acceptors (Lipinski definition) is 4. The zero-order valence-corrected chi connectivity index (χ0v) is 10.2. The van der Waals surface area contributed by atoms with Gasteiger partial charge in [-0.05, 0) is 12.1 Å². The van der Waals surface area contributed by atoms with Crippen molar-refractivity contribution in [2.45, 2.75) is 13.0 Å². The van der Waals surface area contributed by atoms with Gasteiger partial charge in [0.2, 0.25) is 5.91 Å². The summed E-state index contributed by atoms with van der Waals surface area (Å²) in [4.78, 5) is 15.2. The lowest BCUT2D eigenvalue weighted by atomic mass is 9.89. The lowest BCUT2D eigenvalue weighted by Crippen LogP contribution is -2.55. The SMILES string of the molecule is CC1C(=O)N(S(=O)(=O)Cl)C1c1ccc(F)cn1. The quantitative estimate of drug-likeness (QED) is 0.603. The Kier molecular flexibility index (Phi) is 2.82. The van der Waals surface area contributed by atoms with Crippen LogP contribution >= 0.6 is 10.7 Å². The lowest BCUT2D eigenvalue weighted by Gasteiger charge is -2.42. The van der Waals surface area contributed by atoms with Gasteiger partial charge in [-0.15, -0.1) is 0 Å². The zero-order chi connectivity index (χ0) is 12.8. The number of rotatable bonds is 2. The van der Waals surface area contributed by atoms with Crippen molar-refractivity contribution in [3.05, 3.63) is 29.8 Å². The van der Waals surface area contributed by atoms with E-state index in [2.05, 4.69) is 4.98 Å². The van der Waals surface area contributed by atoms with Gasteiger partial charge in [-0.2, -0.15) is 8.42 Å². The maximum atomic E-state index is 12.7. The first-order chi connectivity index (χ1) is 7.82. The molecule has 1 aromatic rings. The fourth-order valence-electron chi connectivity index (χ4n) is 1.78. The number of aromatic nitrogens is 1. The summed E-state index contributed by atoms with van der Waals surface area (Å²) in [5.74, 6) is -1.66. The third kappa shape index (κ3) is 2.00. The van der Waals surface area contributed by atoms with Crippen molar-refractivity contribution in [3.8, 4) is 0 Å². The summed E-state index contributed by atoms with van der Waals surface area (Å²) in [5.41, 5.74) is 0.294.